The molecule has 132 valence electrons. The van der Waals surface area contributed by atoms with Crippen LogP contribution in [0.1, 0.15) is 24.2 Å². The Morgan fingerprint density at radius 3 is 2.46 bits per heavy atom. The van der Waals surface area contributed by atoms with Gasteiger partial charge in [0, 0.05) is 12.6 Å². The zero-order chi connectivity index (χ0) is 18.1. The summed E-state index contributed by atoms with van der Waals surface area (Å²) >= 11 is 0. The monoisotopic (exact) mass is 338 g/mol. The molecular formula is C16H22N2O6. The van der Waals surface area contributed by atoms with Crippen LogP contribution in [0, 0.1) is 0 Å². The summed E-state index contributed by atoms with van der Waals surface area (Å²) in [4.78, 5) is 35.3. The number of amides is 2. The first-order chi connectivity index (χ1) is 11.4. The van der Waals surface area contributed by atoms with Crippen molar-refractivity contribution in [3.63, 3.8) is 0 Å². The maximum absolute atomic E-state index is 12.0. The fraction of sp³-hybridized carbons (Fsp3) is 0.438. The van der Waals surface area contributed by atoms with E-state index < -0.39 is 24.5 Å². The third-order valence-electron chi connectivity index (χ3n) is 3.08. The maximum atomic E-state index is 12.0. The summed E-state index contributed by atoms with van der Waals surface area (Å²) < 4.78 is 15.1. The van der Waals surface area contributed by atoms with Crippen LogP contribution in [0.3, 0.4) is 0 Å². The van der Waals surface area contributed by atoms with Crippen LogP contribution in [0.4, 0.5) is 0 Å². The van der Waals surface area contributed by atoms with Gasteiger partial charge in [0.2, 0.25) is 5.91 Å². The molecule has 0 aromatic heterocycles. The Morgan fingerprint density at radius 2 is 1.88 bits per heavy atom. The van der Waals surface area contributed by atoms with Crippen molar-refractivity contribution in [1.29, 1.82) is 0 Å². The zero-order valence-electron chi connectivity index (χ0n) is 14.2. The van der Waals surface area contributed by atoms with Gasteiger partial charge in [0.25, 0.3) is 5.91 Å². The van der Waals surface area contributed by atoms with E-state index in [4.69, 9.17) is 14.2 Å². The Kier molecular flexibility index (Phi) is 7.54. The summed E-state index contributed by atoms with van der Waals surface area (Å²) in [7, 11) is 2.90. The van der Waals surface area contributed by atoms with Gasteiger partial charge in [-0.2, -0.15) is 0 Å². The molecule has 2 amide bonds. The molecule has 8 nitrogen and oxygen atoms in total. The lowest BCUT2D eigenvalue weighted by atomic mass is 10.2. The molecule has 8 heteroatoms. The highest BCUT2D eigenvalue weighted by Gasteiger charge is 2.18. The third kappa shape index (κ3) is 5.45. The number of likely N-dealkylation sites (N-methyl/N-ethyl adjacent to an activating group) is 1. The summed E-state index contributed by atoms with van der Waals surface area (Å²) in [6, 6.07) is 3.88. The number of carbonyl (C=O) groups is 3. The fourth-order valence-corrected chi connectivity index (χ4v) is 1.85. The van der Waals surface area contributed by atoms with E-state index in [1.807, 2.05) is 0 Å². The number of ether oxygens (including phenoxy) is 3. The molecule has 0 heterocycles. The molecule has 0 aliphatic heterocycles. The lowest BCUT2D eigenvalue weighted by Gasteiger charge is -2.14. The molecule has 0 aliphatic rings. The van der Waals surface area contributed by atoms with Gasteiger partial charge in [-0.05, 0) is 26.0 Å². The van der Waals surface area contributed by atoms with Crippen LogP contribution in [-0.2, 0) is 14.3 Å². The molecule has 0 bridgehead atoms. The predicted molar refractivity (Wildman–Crippen MR) is 86.1 cm³/mol. The highest BCUT2D eigenvalue weighted by molar-refractivity contribution is 5.94. The van der Waals surface area contributed by atoms with Gasteiger partial charge in [-0.15, -0.1) is 0 Å². The molecule has 0 aliphatic carbocycles. The van der Waals surface area contributed by atoms with Gasteiger partial charge >= 0.3 is 5.97 Å². The molecule has 24 heavy (non-hydrogen) atoms. The molecule has 0 radical (unpaired) electrons. The summed E-state index contributed by atoms with van der Waals surface area (Å²) in [5, 5.41) is 5.02. The average molecular weight is 338 g/mol. The van der Waals surface area contributed by atoms with Crippen LogP contribution in [0.15, 0.2) is 18.2 Å². The number of rotatable bonds is 8. The minimum Gasteiger partial charge on any atom is -0.497 e. The number of nitrogens with one attached hydrogen (secondary N) is 2. The topological polar surface area (TPSA) is 103 Å². The van der Waals surface area contributed by atoms with E-state index in [9.17, 15) is 14.4 Å². The van der Waals surface area contributed by atoms with Crippen molar-refractivity contribution in [3.05, 3.63) is 23.8 Å². The summed E-state index contributed by atoms with van der Waals surface area (Å²) in [6.45, 7) is 3.27. The van der Waals surface area contributed by atoms with Gasteiger partial charge < -0.3 is 24.8 Å². The maximum Gasteiger partial charge on any atom is 0.342 e. The quantitative estimate of drug-likeness (QED) is 0.669. The van der Waals surface area contributed by atoms with Crippen molar-refractivity contribution in [2.24, 2.45) is 0 Å². The normalized spacial score (nSPS) is 11.2. The Morgan fingerprint density at radius 1 is 1.17 bits per heavy atom. The highest BCUT2D eigenvalue weighted by Crippen LogP contribution is 2.25. The molecule has 1 atom stereocenters. The van der Waals surface area contributed by atoms with Crippen LogP contribution in [0.25, 0.3) is 0 Å². The van der Waals surface area contributed by atoms with Crippen LogP contribution in [-0.4, -0.2) is 51.2 Å². The molecule has 1 aromatic rings. The molecule has 2 N–H and O–H groups in total. The van der Waals surface area contributed by atoms with Crippen molar-refractivity contribution in [2.75, 3.05) is 27.4 Å². The number of hydrogen-bond acceptors (Lipinski definition) is 6. The van der Waals surface area contributed by atoms with Crippen LogP contribution in [0.2, 0.25) is 0 Å². The number of methoxy groups -OCH3 is 2. The largest absolute Gasteiger partial charge is 0.497 e. The minimum absolute atomic E-state index is 0.169. The number of benzene rings is 1. The first-order valence-electron chi connectivity index (χ1n) is 7.39. The fourth-order valence-electron chi connectivity index (χ4n) is 1.85. The lowest BCUT2D eigenvalue weighted by molar-refractivity contribution is -0.130. The van der Waals surface area contributed by atoms with Crippen molar-refractivity contribution in [3.8, 4) is 11.5 Å². The summed E-state index contributed by atoms with van der Waals surface area (Å²) in [5.74, 6) is -0.800. The van der Waals surface area contributed by atoms with Crippen molar-refractivity contribution in [1.82, 2.24) is 10.6 Å². The van der Waals surface area contributed by atoms with Gasteiger partial charge in [-0.3, -0.25) is 9.59 Å². The van der Waals surface area contributed by atoms with Gasteiger partial charge in [0.15, 0.2) is 6.61 Å². The molecule has 0 saturated carbocycles. The Balaban J connectivity index is 2.60. The van der Waals surface area contributed by atoms with Crippen molar-refractivity contribution in [2.45, 2.75) is 19.9 Å². The molecule has 1 rings (SSSR count). The van der Waals surface area contributed by atoms with Crippen LogP contribution in [0.5, 0.6) is 11.5 Å². The van der Waals surface area contributed by atoms with E-state index in [1.54, 1.807) is 13.0 Å². The summed E-state index contributed by atoms with van der Waals surface area (Å²) in [5.41, 5.74) is 0.169. The molecule has 1 aromatic carbocycles. The highest BCUT2D eigenvalue weighted by atomic mass is 16.5. The molecule has 0 unspecified atom stereocenters. The van der Waals surface area contributed by atoms with Gasteiger partial charge in [-0.25, -0.2) is 4.79 Å². The van der Waals surface area contributed by atoms with Crippen LogP contribution < -0.4 is 20.1 Å². The zero-order valence-corrected chi connectivity index (χ0v) is 14.2. The SMILES string of the molecule is CCNC(=O)[C@H](C)NC(=O)COC(=O)c1ccc(OC)cc1OC. The van der Waals surface area contributed by atoms with Gasteiger partial charge in [-0.1, -0.05) is 0 Å². The van der Waals surface area contributed by atoms with E-state index in [-0.39, 0.29) is 17.2 Å². The average Bonchev–Trinajstić information content (AvgIpc) is 2.59. The number of hydrogen-bond donors (Lipinski definition) is 2. The molecule has 0 spiro atoms. The van der Waals surface area contributed by atoms with Gasteiger partial charge in [0.1, 0.15) is 23.1 Å². The smallest absolute Gasteiger partial charge is 0.342 e. The predicted octanol–water partition coefficient (Wildman–Crippen LogP) is 0.501. The van der Waals surface area contributed by atoms with E-state index in [0.29, 0.717) is 12.3 Å². The Hall–Kier alpha value is -2.77. The van der Waals surface area contributed by atoms with E-state index in [1.165, 1.54) is 33.3 Å². The summed E-state index contributed by atoms with van der Waals surface area (Å²) in [6.07, 6.45) is 0. The second-order valence-corrected chi connectivity index (χ2v) is 4.83. The lowest BCUT2D eigenvalue weighted by Crippen LogP contribution is -2.46. The second kappa shape index (κ2) is 9.39. The van der Waals surface area contributed by atoms with Crippen molar-refractivity contribution < 1.29 is 28.6 Å². The Labute approximate surface area is 140 Å². The second-order valence-electron chi connectivity index (χ2n) is 4.83. The van der Waals surface area contributed by atoms with Crippen LogP contribution >= 0.6 is 0 Å². The van der Waals surface area contributed by atoms with Gasteiger partial charge in [0.05, 0.1) is 14.2 Å². The molecule has 0 saturated heterocycles. The molecular weight excluding hydrogens is 316 g/mol. The minimum atomic E-state index is -0.716. The first kappa shape index (κ1) is 19.3. The van der Waals surface area contributed by atoms with Crippen molar-refractivity contribution >= 4 is 17.8 Å². The number of carbonyl (C=O) groups excluding carboxylic acids is 3. The molecule has 0 fully saturated rings. The Bertz CT molecular complexity index is 602. The number of esters is 1. The first-order valence-corrected chi connectivity index (χ1v) is 7.39. The standard InChI is InChI=1S/C16H22N2O6/c1-5-17-15(20)10(2)18-14(19)9-24-16(21)12-7-6-11(22-3)8-13(12)23-4/h6-8,10H,5,9H2,1-4H3,(H,17,20)(H,18,19)/t10-/m0/s1. The van der Waals surface area contributed by atoms with E-state index in [0.717, 1.165) is 0 Å². The third-order valence-corrected chi connectivity index (χ3v) is 3.08. The van der Waals surface area contributed by atoms with E-state index >= 15 is 0 Å². The van der Waals surface area contributed by atoms with E-state index in [2.05, 4.69) is 10.6 Å².